The van der Waals surface area contributed by atoms with Crippen LogP contribution < -0.4 is 4.90 Å². The van der Waals surface area contributed by atoms with Gasteiger partial charge in [-0.15, -0.1) is 0 Å². The Labute approximate surface area is 129 Å². The zero-order valence-electron chi connectivity index (χ0n) is 13.9. The second kappa shape index (κ2) is 7.23. The van der Waals surface area contributed by atoms with Gasteiger partial charge in [0, 0.05) is 45.5 Å². The number of nitrogens with zero attached hydrogens (tertiary/aromatic N) is 3. The molecule has 0 unspecified atom stereocenters. The normalized spacial score (nSPS) is 17.2. The van der Waals surface area contributed by atoms with Gasteiger partial charge in [0.1, 0.15) is 5.82 Å². The molecule has 4 heteroatoms. The van der Waals surface area contributed by atoms with E-state index in [1.807, 2.05) is 6.20 Å². The number of rotatable bonds is 5. The number of aryl methyl sites for hydroxylation is 1. The fourth-order valence-electron chi connectivity index (χ4n) is 2.51. The summed E-state index contributed by atoms with van der Waals surface area (Å²) < 4.78 is 5.77. The lowest BCUT2D eigenvalue weighted by molar-refractivity contribution is -0.00703. The maximum atomic E-state index is 5.77. The highest BCUT2D eigenvalue weighted by atomic mass is 16.5. The zero-order valence-corrected chi connectivity index (χ0v) is 13.9. The van der Waals surface area contributed by atoms with Crippen molar-refractivity contribution in [1.82, 2.24) is 9.88 Å². The van der Waals surface area contributed by atoms with Crippen LogP contribution in [-0.2, 0) is 4.74 Å². The number of hydrogen-bond donors (Lipinski definition) is 0. The number of pyridine rings is 1. The standard InChI is InChI=1S/C17H29N3O/c1-15-6-7-16(18-14-15)20-11-9-19(10-12-20)8-5-13-21-17(2,3)4/h6-7,14H,5,8-13H2,1-4H3. The molecule has 1 aliphatic rings. The lowest BCUT2D eigenvalue weighted by atomic mass is 10.2. The summed E-state index contributed by atoms with van der Waals surface area (Å²) in [5.74, 6) is 1.11. The van der Waals surface area contributed by atoms with Crippen LogP contribution in [0.5, 0.6) is 0 Å². The van der Waals surface area contributed by atoms with Gasteiger partial charge in [0.25, 0.3) is 0 Å². The Hall–Kier alpha value is -1.13. The predicted molar refractivity (Wildman–Crippen MR) is 87.9 cm³/mol. The molecule has 1 fully saturated rings. The fourth-order valence-corrected chi connectivity index (χ4v) is 2.51. The lowest BCUT2D eigenvalue weighted by Crippen LogP contribution is -2.47. The molecule has 1 aromatic rings. The molecular formula is C17H29N3O. The fraction of sp³-hybridized carbons (Fsp3) is 0.706. The molecule has 0 saturated carbocycles. The van der Waals surface area contributed by atoms with E-state index in [-0.39, 0.29) is 5.60 Å². The highest BCUT2D eigenvalue weighted by Crippen LogP contribution is 2.14. The Morgan fingerprint density at radius 2 is 1.86 bits per heavy atom. The second-order valence-electron chi connectivity index (χ2n) is 6.84. The van der Waals surface area contributed by atoms with E-state index in [0.717, 1.165) is 51.6 Å². The third-order valence-corrected chi connectivity index (χ3v) is 3.75. The van der Waals surface area contributed by atoms with Crippen LogP contribution in [-0.4, -0.2) is 54.8 Å². The van der Waals surface area contributed by atoms with Gasteiger partial charge in [0.05, 0.1) is 5.60 Å². The minimum absolute atomic E-state index is 0.0180. The van der Waals surface area contributed by atoms with Crippen LogP contribution in [0.4, 0.5) is 5.82 Å². The summed E-state index contributed by atoms with van der Waals surface area (Å²) in [7, 11) is 0. The molecule has 0 aromatic carbocycles. The monoisotopic (exact) mass is 291 g/mol. The third kappa shape index (κ3) is 5.64. The van der Waals surface area contributed by atoms with Crippen LogP contribution in [0.15, 0.2) is 18.3 Å². The smallest absolute Gasteiger partial charge is 0.128 e. The van der Waals surface area contributed by atoms with Crippen LogP contribution >= 0.6 is 0 Å². The van der Waals surface area contributed by atoms with Gasteiger partial charge in [-0.2, -0.15) is 0 Å². The first kappa shape index (κ1) is 16.2. The first-order chi connectivity index (χ1) is 9.94. The third-order valence-electron chi connectivity index (χ3n) is 3.75. The summed E-state index contributed by atoms with van der Waals surface area (Å²) in [6.07, 6.45) is 3.06. The molecule has 1 saturated heterocycles. The number of aromatic nitrogens is 1. The average molecular weight is 291 g/mol. The van der Waals surface area contributed by atoms with Crippen LogP contribution in [0.1, 0.15) is 32.8 Å². The van der Waals surface area contributed by atoms with Gasteiger partial charge in [-0.1, -0.05) is 6.07 Å². The van der Waals surface area contributed by atoms with Crippen molar-refractivity contribution in [2.45, 2.75) is 39.7 Å². The summed E-state index contributed by atoms with van der Waals surface area (Å²) in [5, 5.41) is 0. The quantitative estimate of drug-likeness (QED) is 0.780. The molecule has 0 amide bonds. The topological polar surface area (TPSA) is 28.6 Å². The molecule has 2 heterocycles. The van der Waals surface area contributed by atoms with Gasteiger partial charge in [-0.3, -0.25) is 4.90 Å². The number of hydrogen-bond acceptors (Lipinski definition) is 4. The van der Waals surface area contributed by atoms with Crippen molar-refractivity contribution in [2.24, 2.45) is 0 Å². The van der Waals surface area contributed by atoms with Gasteiger partial charge in [-0.25, -0.2) is 4.98 Å². The molecule has 118 valence electrons. The Morgan fingerprint density at radius 3 is 2.43 bits per heavy atom. The van der Waals surface area contributed by atoms with Gasteiger partial charge in [0.15, 0.2) is 0 Å². The molecule has 2 rings (SSSR count). The minimum atomic E-state index is -0.0180. The average Bonchev–Trinajstić information content (AvgIpc) is 2.44. The molecule has 0 atom stereocenters. The maximum absolute atomic E-state index is 5.77. The maximum Gasteiger partial charge on any atom is 0.128 e. The number of piperazine rings is 1. The van der Waals surface area contributed by atoms with Crippen molar-refractivity contribution >= 4 is 5.82 Å². The Bertz CT molecular complexity index is 417. The van der Waals surface area contributed by atoms with Crippen LogP contribution in [0.3, 0.4) is 0 Å². The molecule has 0 aliphatic carbocycles. The van der Waals surface area contributed by atoms with Gasteiger partial charge < -0.3 is 9.64 Å². The first-order valence-corrected chi connectivity index (χ1v) is 7.98. The van der Waals surface area contributed by atoms with E-state index in [1.165, 1.54) is 5.56 Å². The predicted octanol–water partition coefficient (Wildman–Crippen LogP) is 2.72. The molecule has 1 aliphatic heterocycles. The first-order valence-electron chi connectivity index (χ1n) is 7.98. The molecule has 0 N–H and O–H groups in total. The van der Waals surface area contributed by atoms with Crippen LogP contribution in [0.25, 0.3) is 0 Å². The Kier molecular flexibility index (Phi) is 5.59. The van der Waals surface area contributed by atoms with Crippen molar-refractivity contribution in [3.05, 3.63) is 23.9 Å². The molecule has 1 aromatic heterocycles. The van der Waals surface area contributed by atoms with E-state index in [9.17, 15) is 0 Å². The molecular weight excluding hydrogens is 262 g/mol. The van der Waals surface area contributed by atoms with Gasteiger partial charge >= 0.3 is 0 Å². The Balaban J connectivity index is 1.67. The van der Waals surface area contributed by atoms with E-state index in [4.69, 9.17) is 4.74 Å². The van der Waals surface area contributed by atoms with E-state index in [2.05, 4.69) is 54.6 Å². The number of ether oxygens (including phenoxy) is 1. The van der Waals surface area contributed by atoms with Crippen molar-refractivity contribution < 1.29 is 4.74 Å². The number of anilines is 1. The second-order valence-corrected chi connectivity index (χ2v) is 6.84. The van der Waals surface area contributed by atoms with Crippen LogP contribution in [0, 0.1) is 6.92 Å². The van der Waals surface area contributed by atoms with E-state index >= 15 is 0 Å². The summed E-state index contributed by atoms with van der Waals surface area (Å²) in [5.41, 5.74) is 1.20. The van der Waals surface area contributed by atoms with E-state index in [0.29, 0.717) is 0 Å². The molecule has 0 bridgehead atoms. The Morgan fingerprint density at radius 1 is 1.14 bits per heavy atom. The van der Waals surface area contributed by atoms with Crippen LogP contribution in [0.2, 0.25) is 0 Å². The highest BCUT2D eigenvalue weighted by molar-refractivity contribution is 5.39. The summed E-state index contributed by atoms with van der Waals surface area (Å²) in [4.78, 5) is 9.42. The molecule has 0 radical (unpaired) electrons. The molecule has 4 nitrogen and oxygen atoms in total. The molecule has 0 spiro atoms. The summed E-state index contributed by atoms with van der Waals surface area (Å²) in [6.45, 7) is 14.8. The van der Waals surface area contributed by atoms with E-state index < -0.39 is 0 Å². The molecule has 21 heavy (non-hydrogen) atoms. The minimum Gasteiger partial charge on any atom is -0.376 e. The zero-order chi connectivity index (χ0) is 15.3. The van der Waals surface area contributed by atoms with Crippen molar-refractivity contribution in [3.63, 3.8) is 0 Å². The summed E-state index contributed by atoms with van der Waals surface area (Å²) in [6, 6.07) is 4.26. The lowest BCUT2D eigenvalue weighted by Gasteiger charge is -2.35. The van der Waals surface area contributed by atoms with Gasteiger partial charge in [-0.05, 0) is 45.7 Å². The van der Waals surface area contributed by atoms with Crippen molar-refractivity contribution in [3.8, 4) is 0 Å². The summed E-state index contributed by atoms with van der Waals surface area (Å²) >= 11 is 0. The van der Waals surface area contributed by atoms with E-state index in [1.54, 1.807) is 0 Å². The largest absolute Gasteiger partial charge is 0.376 e. The SMILES string of the molecule is Cc1ccc(N2CCN(CCCOC(C)(C)C)CC2)nc1. The van der Waals surface area contributed by atoms with Crippen molar-refractivity contribution in [1.29, 1.82) is 0 Å². The highest BCUT2D eigenvalue weighted by Gasteiger charge is 2.17. The van der Waals surface area contributed by atoms with Gasteiger partial charge in [0.2, 0.25) is 0 Å². The van der Waals surface area contributed by atoms with Crippen molar-refractivity contribution in [2.75, 3.05) is 44.2 Å².